The summed E-state index contributed by atoms with van der Waals surface area (Å²) in [6.07, 6.45) is 1.86. The second-order valence-electron chi connectivity index (χ2n) is 5.24. The summed E-state index contributed by atoms with van der Waals surface area (Å²) < 4.78 is 0. The van der Waals surface area contributed by atoms with Crippen molar-refractivity contribution in [3.8, 4) is 0 Å². The van der Waals surface area contributed by atoms with Crippen LogP contribution in [0.3, 0.4) is 0 Å². The van der Waals surface area contributed by atoms with Crippen LogP contribution in [-0.4, -0.2) is 36.6 Å². The van der Waals surface area contributed by atoms with E-state index in [1.54, 1.807) is 11.3 Å². The maximum atomic E-state index is 12.1. The third-order valence-corrected chi connectivity index (χ3v) is 4.70. The van der Waals surface area contributed by atoms with Crippen molar-refractivity contribution in [1.29, 1.82) is 0 Å². The van der Waals surface area contributed by atoms with Crippen molar-refractivity contribution in [2.45, 2.75) is 32.3 Å². The van der Waals surface area contributed by atoms with Crippen LogP contribution in [0.4, 0.5) is 0 Å². The highest BCUT2D eigenvalue weighted by Crippen LogP contribution is 2.32. The molecule has 1 aromatic heterocycles. The molecule has 2 rings (SSSR count). The molecule has 6 heteroatoms. The maximum Gasteiger partial charge on any atom is 0.252 e. The summed E-state index contributed by atoms with van der Waals surface area (Å²) in [5, 5.41) is 16.4. The molecule has 0 spiro atoms. The Morgan fingerprint density at radius 1 is 1.55 bits per heavy atom. The van der Waals surface area contributed by atoms with E-state index in [0.717, 1.165) is 24.8 Å². The second-order valence-corrected chi connectivity index (χ2v) is 6.20. The summed E-state index contributed by atoms with van der Waals surface area (Å²) in [4.78, 5) is 24.6. The van der Waals surface area contributed by atoms with Crippen molar-refractivity contribution < 1.29 is 14.7 Å². The van der Waals surface area contributed by atoms with E-state index in [2.05, 4.69) is 17.6 Å². The zero-order chi connectivity index (χ0) is 14.7. The van der Waals surface area contributed by atoms with Gasteiger partial charge in [0.2, 0.25) is 5.91 Å². The van der Waals surface area contributed by atoms with Gasteiger partial charge in [0.25, 0.3) is 5.91 Å². The van der Waals surface area contributed by atoms with Crippen LogP contribution >= 0.6 is 11.3 Å². The van der Waals surface area contributed by atoms with E-state index in [-0.39, 0.29) is 12.5 Å². The molecular formula is C14H20N2O3S. The van der Waals surface area contributed by atoms with Crippen LogP contribution in [0, 0.1) is 5.92 Å². The molecular weight excluding hydrogens is 276 g/mol. The van der Waals surface area contributed by atoms with Gasteiger partial charge in [0.05, 0.1) is 12.1 Å². The first-order chi connectivity index (χ1) is 9.52. The molecule has 2 atom stereocenters. The number of thiophene rings is 1. The summed E-state index contributed by atoms with van der Waals surface area (Å²) in [5.41, 5.74) is 1.83. The average molecular weight is 296 g/mol. The van der Waals surface area contributed by atoms with E-state index in [4.69, 9.17) is 0 Å². The minimum atomic E-state index is -1.21. The minimum Gasteiger partial charge on any atom is -0.381 e. The van der Waals surface area contributed by atoms with Crippen LogP contribution in [0.15, 0.2) is 5.38 Å². The number of nitrogens with one attached hydrogen (secondary N) is 2. The van der Waals surface area contributed by atoms with Crippen molar-refractivity contribution >= 4 is 23.2 Å². The lowest BCUT2D eigenvalue weighted by atomic mass is 9.88. The van der Waals surface area contributed by atoms with Crippen LogP contribution in [-0.2, 0) is 17.6 Å². The largest absolute Gasteiger partial charge is 0.381 e. The number of carbonyl (C=O) groups is 2. The molecule has 20 heavy (non-hydrogen) atoms. The summed E-state index contributed by atoms with van der Waals surface area (Å²) in [6, 6.07) is 0. The molecule has 1 aliphatic rings. The summed E-state index contributed by atoms with van der Waals surface area (Å²) in [5.74, 6) is -0.0291. The van der Waals surface area contributed by atoms with Crippen LogP contribution in [0.2, 0.25) is 0 Å². The van der Waals surface area contributed by atoms with E-state index in [9.17, 15) is 14.7 Å². The maximum absolute atomic E-state index is 12.1. The minimum absolute atomic E-state index is 0.0699. The van der Waals surface area contributed by atoms with E-state index in [1.807, 2.05) is 5.38 Å². The third kappa shape index (κ3) is 3.19. The SMILES string of the molecule is CNC(=O)C(O)CNC(=O)c1csc2c1CCC(C)C2. The van der Waals surface area contributed by atoms with Gasteiger partial charge in [-0.3, -0.25) is 9.59 Å². The Hall–Kier alpha value is -1.40. The topological polar surface area (TPSA) is 78.4 Å². The summed E-state index contributed by atoms with van der Waals surface area (Å²) in [7, 11) is 1.45. The van der Waals surface area contributed by atoms with Crippen molar-refractivity contribution in [3.05, 3.63) is 21.4 Å². The van der Waals surface area contributed by atoms with Crippen LogP contribution in [0.25, 0.3) is 0 Å². The molecule has 0 saturated heterocycles. The highest BCUT2D eigenvalue weighted by molar-refractivity contribution is 7.10. The first kappa shape index (κ1) is 15.0. The van der Waals surface area contributed by atoms with Gasteiger partial charge in [-0.2, -0.15) is 0 Å². The normalized spacial score (nSPS) is 19.1. The van der Waals surface area contributed by atoms with Crippen molar-refractivity contribution in [3.63, 3.8) is 0 Å². The molecule has 0 bridgehead atoms. The van der Waals surface area contributed by atoms with E-state index < -0.39 is 12.0 Å². The van der Waals surface area contributed by atoms with Gasteiger partial charge in [-0.15, -0.1) is 11.3 Å². The Morgan fingerprint density at radius 3 is 3.00 bits per heavy atom. The van der Waals surface area contributed by atoms with Crippen molar-refractivity contribution in [1.82, 2.24) is 10.6 Å². The van der Waals surface area contributed by atoms with Crippen LogP contribution in [0.1, 0.15) is 34.1 Å². The molecule has 0 saturated carbocycles. The lowest BCUT2D eigenvalue weighted by molar-refractivity contribution is -0.128. The molecule has 3 N–H and O–H groups in total. The smallest absolute Gasteiger partial charge is 0.252 e. The van der Waals surface area contributed by atoms with Crippen LogP contribution < -0.4 is 10.6 Å². The number of hydrogen-bond acceptors (Lipinski definition) is 4. The fourth-order valence-electron chi connectivity index (χ4n) is 2.41. The molecule has 0 fully saturated rings. The molecule has 0 aliphatic heterocycles. The molecule has 1 aromatic rings. The Labute approximate surface area is 122 Å². The number of amides is 2. The van der Waals surface area contributed by atoms with Crippen LogP contribution in [0.5, 0.6) is 0 Å². The highest BCUT2D eigenvalue weighted by atomic mass is 32.1. The first-order valence-corrected chi connectivity index (χ1v) is 7.68. The standard InChI is InChI=1S/C14H20N2O3S/c1-8-3-4-9-10(7-20-12(9)5-8)13(18)16-6-11(17)14(19)15-2/h7-8,11,17H,3-6H2,1-2H3,(H,15,19)(H,16,18). The zero-order valence-corrected chi connectivity index (χ0v) is 12.5. The van der Waals surface area contributed by atoms with E-state index in [0.29, 0.717) is 11.5 Å². The molecule has 2 unspecified atom stereocenters. The van der Waals surface area contributed by atoms with Gasteiger partial charge in [-0.25, -0.2) is 0 Å². The molecule has 0 aromatic carbocycles. The third-order valence-electron chi connectivity index (χ3n) is 3.65. The predicted octanol–water partition coefficient (Wildman–Crippen LogP) is 0.710. The lowest BCUT2D eigenvalue weighted by Gasteiger charge is -2.19. The van der Waals surface area contributed by atoms with Gasteiger partial charge < -0.3 is 15.7 Å². The molecule has 0 radical (unpaired) electrons. The second kappa shape index (κ2) is 6.37. The number of aliphatic hydroxyl groups is 1. The molecule has 2 amide bonds. The number of rotatable bonds is 4. The quantitative estimate of drug-likeness (QED) is 0.765. The number of hydrogen-bond donors (Lipinski definition) is 3. The number of fused-ring (bicyclic) bond motifs is 1. The predicted molar refractivity (Wildman–Crippen MR) is 77.9 cm³/mol. The molecule has 5 nitrogen and oxygen atoms in total. The Bertz CT molecular complexity index is 513. The zero-order valence-electron chi connectivity index (χ0n) is 11.7. The van der Waals surface area contributed by atoms with Crippen molar-refractivity contribution in [2.24, 2.45) is 5.92 Å². The highest BCUT2D eigenvalue weighted by Gasteiger charge is 2.23. The van der Waals surface area contributed by atoms with Gasteiger partial charge in [-0.1, -0.05) is 6.92 Å². The van der Waals surface area contributed by atoms with Gasteiger partial charge in [-0.05, 0) is 30.7 Å². The molecule has 1 aliphatic carbocycles. The lowest BCUT2D eigenvalue weighted by Crippen LogP contribution is -2.41. The van der Waals surface area contributed by atoms with Gasteiger partial charge in [0, 0.05) is 17.3 Å². The monoisotopic (exact) mass is 296 g/mol. The van der Waals surface area contributed by atoms with Gasteiger partial charge in [0.1, 0.15) is 6.10 Å². The number of likely N-dealkylation sites (N-methyl/N-ethyl adjacent to an activating group) is 1. The fraction of sp³-hybridized carbons (Fsp3) is 0.571. The van der Waals surface area contributed by atoms with E-state index >= 15 is 0 Å². The summed E-state index contributed by atoms with van der Waals surface area (Å²) >= 11 is 1.63. The Morgan fingerprint density at radius 2 is 2.30 bits per heavy atom. The van der Waals surface area contributed by atoms with E-state index in [1.165, 1.54) is 11.9 Å². The van der Waals surface area contributed by atoms with Crippen molar-refractivity contribution in [2.75, 3.05) is 13.6 Å². The number of carbonyl (C=O) groups excluding carboxylic acids is 2. The summed E-state index contributed by atoms with van der Waals surface area (Å²) in [6.45, 7) is 2.15. The first-order valence-electron chi connectivity index (χ1n) is 6.80. The average Bonchev–Trinajstić information content (AvgIpc) is 2.86. The fourth-order valence-corrected chi connectivity index (χ4v) is 3.66. The van der Waals surface area contributed by atoms with Gasteiger partial charge in [0.15, 0.2) is 0 Å². The Kier molecular flexibility index (Phi) is 4.77. The van der Waals surface area contributed by atoms with Gasteiger partial charge >= 0.3 is 0 Å². The number of aliphatic hydroxyl groups excluding tert-OH is 1. The molecule has 110 valence electrons. The Balaban J connectivity index is 1.99. The molecule has 1 heterocycles.